The van der Waals surface area contributed by atoms with Gasteiger partial charge in [-0.3, -0.25) is 0 Å². The van der Waals surface area contributed by atoms with Gasteiger partial charge in [0.05, 0.1) is 5.02 Å². The first kappa shape index (κ1) is 13.6. The quantitative estimate of drug-likeness (QED) is 0.813. The molecule has 1 heterocycles. The molecule has 4 fully saturated rings. The molecule has 4 aliphatic carbocycles. The molecule has 4 aliphatic rings. The van der Waals surface area contributed by atoms with Gasteiger partial charge in [-0.05, 0) is 79.7 Å². The highest BCUT2D eigenvalue weighted by atomic mass is 35.5. The predicted octanol–water partition coefficient (Wildman–Crippen LogP) is 5.12. The van der Waals surface area contributed by atoms with Crippen LogP contribution < -0.4 is 5.32 Å². The highest BCUT2D eigenvalue weighted by Gasteiger charge is 2.50. The van der Waals surface area contributed by atoms with Crippen LogP contribution in [0.4, 0.5) is 0 Å². The molecule has 1 atom stereocenters. The van der Waals surface area contributed by atoms with Crippen molar-refractivity contribution in [3.8, 4) is 0 Å². The van der Waals surface area contributed by atoms with Crippen molar-refractivity contribution in [2.75, 3.05) is 6.54 Å². The molecule has 0 amide bonds. The molecule has 110 valence electrons. The molecule has 0 aliphatic heterocycles. The van der Waals surface area contributed by atoms with Gasteiger partial charge in [-0.25, -0.2) is 0 Å². The Morgan fingerprint density at radius 3 is 2.35 bits per heavy atom. The highest BCUT2D eigenvalue weighted by molar-refractivity contribution is 7.10. The third-order valence-electron chi connectivity index (χ3n) is 6.04. The molecule has 0 aromatic carbocycles. The van der Waals surface area contributed by atoms with Crippen molar-refractivity contribution in [2.45, 2.75) is 45.1 Å². The molecule has 3 heteroatoms. The summed E-state index contributed by atoms with van der Waals surface area (Å²) < 4.78 is 0. The summed E-state index contributed by atoms with van der Waals surface area (Å²) in [6.07, 6.45) is 7.49. The van der Waals surface area contributed by atoms with Gasteiger partial charge in [0.2, 0.25) is 0 Å². The summed E-state index contributed by atoms with van der Waals surface area (Å²) >= 11 is 8.30. The normalized spacial score (nSPS) is 40.2. The lowest BCUT2D eigenvalue weighted by molar-refractivity contribution is -0.0518. The van der Waals surface area contributed by atoms with Crippen LogP contribution in [0.3, 0.4) is 0 Å². The van der Waals surface area contributed by atoms with E-state index in [1.165, 1.54) is 37.0 Å². The van der Waals surface area contributed by atoms with Gasteiger partial charge in [-0.1, -0.05) is 18.5 Å². The SMILES string of the molecule is CCNC(c1sccc1Cl)C1C2CC3CC(C2)CC1C3. The summed E-state index contributed by atoms with van der Waals surface area (Å²) in [4.78, 5) is 1.39. The monoisotopic (exact) mass is 309 g/mol. The Morgan fingerprint density at radius 2 is 1.85 bits per heavy atom. The van der Waals surface area contributed by atoms with E-state index in [2.05, 4.69) is 23.7 Å². The largest absolute Gasteiger partial charge is 0.309 e. The third-order valence-corrected chi connectivity index (χ3v) is 7.48. The molecule has 1 aromatic rings. The smallest absolute Gasteiger partial charge is 0.0561 e. The molecular weight excluding hydrogens is 286 g/mol. The second-order valence-electron chi connectivity index (χ2n) is 7.18. The van der Waals surface area contributed by atoms with Gasteiger partial charge in [0.25, 0.3) is 0 Å². The van der Waals surface area contributed by atoms with Gasteiger partial charge >= 0.3 is 0 Å². The van der Waals surface area contributed by atoms with Crippen molar-refractivity contribution in [3.05, 3.63) is 21.3 Å². The number of halogens is 1. The molecule has 0 spiro atoms. The maximum Gasteiger partial charge on any atom is 0.0561 e. The van der Waals surface area contributed by atoms with Gasteiger partial charge < -0.3 is 5.32 Å². The second-order valence-corrected chi connectivity index (χ2v) is 8.53. The number of hydrogen-bond acceptors (Lipinski definition) is 2. The van der Waals surface area contributed by atoms with Crippen molar-refractivity contribution >= 4 is 22.9 Å². The van der Waals surface area contributed by atoms with E-state index in [1.54, 1.807) is 0 Å². The van der Waals surface area contributed by atoms with Gasteiger partial charge in [0.15, 0.2) is 0 Å². The van der Waals surface area contributed by atoms with E-state index in [0.717, 1.165) is 41.2 Å². The molecule has 1 aromatic heterocycles. The van der Waals surface area contributed by atoms with E-state index in [9.17, 15) is 0 Å². The lowest BCUT2D eigenvalue weighted by Gasteiger charge is -2.56. The Hall–Kier alpha value is -0.0500. The van der Waals surface area contributed by atoms with E-state index < -0.39 is 0 Å². The topological polar surface area (TPSA) is 12.0 Å². The Morgan fingerprint density at radius 1 is 1.20 bits per heavy atom. The Bertz CT molecular complexity index is 455. The van der Waals surface area contributed by atoms with Crippen LogP contribution in [0.1, 0.15) is 49.9 Å². The first-order valence-electron chi connectivity index (χ1n) is 8.22. The second kappa shape index (κ2) is 5.30. The first-order chi connectivity index (χ1) is 9.76. The molecular formula is C17H24ClNS. The molecule has 4 saturated carbocycles. The molecule has 1 N–H and O–H groups in total. The van der Waals surface area contributed by atoms with E-state index >= 15 is 0 Å². The number of nitrogens with one attached hydrogen (secondary N) is 1. The third kappa shape index (κ3) is 2.15. The van der Waals surface area contributed by atoms with Crippen LogP contribution in [0.15, 0.2) is 11.4 Å². The van der Waals surface area contributed by atoms with Crippen molar-refractivity contribution < 1.29 is 0 Å². The zero-order valence-electron chi connectivity index (χ0n) is 12.1. The lowest BCUT2D eigenvalue weighted by Crippen LogP contribution is -2.49. The maximum absolute atomic E-state index is 6.45. The zero-order valence-corrected chi connectivity index (χ0v) is 13.7. The number of thiophene rings is 1. The molecule has 20 heavy (non-hydrogen) atoms. The average molecular weight is 310 g/mol. The van der Waals surface area contributed by atoms with Crippen LogP contribution >= 0.6 is 22.9 Å². The predicted molar refractivity (Wildman–Crippen MR) is 86.3 cm³/mol. The van der Waals surface area contributed by atoms with Crippen LogP contribution in [0.25, 0.3) is 0 Å². The van der Waals surface area contributed by atoms with E-state index in [0.29, 0.717) is 6.04 Å². The summed E-state index contributed by atoms with van der Waals surface area (Å²) in [6.45, 7) is 3.27. The summed E-state index contributed by atoms with van der Waals surface area (Å²) in [7, 11) is 0. The van der Waals surface area contributed by atoms with Crippen molar-refractivity contribution in [2.24, 2.45) is 29.6 Å². The van der Waals surface area contributed by atoms with Crippen LogP contribution in [0.2, 0.25) is 5.02 Å². The minimum Gasteiger partial charge on any atom is -0.309 e. The van der Waals surface area contributed by atoms with Crippen molar-refractivity contribution in [3.63, 3.8) is 0 Å². The first-order valence-corrected chi connectivity index (χ1v) is 9.48. The Labute approximate surface area is 131 Å². The van der Waals surface area contributed by atoms with Crippen molar-refractivity contribution in [1.82, 2.24) is 5.32 Å². The zero-order chi connectivity index (χ0) is 13.7. The highest BCUT2D eigenvalue weighted by Crippen LogP contribution is 2.59. The van der Waals surface area contributed by atoms with Gasteiger partial charge in [0, 0.05) is 10.9 Å². The molecule has 4 bridgehead atoms. The van der Waals surface area contributed by atoms with Crippen LogP contribution in [-0.2, 0) is 0 Å². The summed E-state index contributed by atoms with van der Waals surface area (Å²) in [6, 6.07) is 2.57. The fourth-order valence-corrected chi connectivity index (χ4v) is 6.97. The molecule has 1 unspecified atom stereocenters. The summed E-state index contributed by atoms with van der Waals surface area (Å²) in [5, 5.41) is 6.91. The lowest BCUT2D eigenvalue weighted by atomic mass is 9.50. The fourth-order valence-electron chi connectivity index (χ4n) is 5.66. The van der Waals surface area contributed by atoms with Gasteiger partial charge in [0.1, 0.15) is 0 Å². The molecule has 5 rings (SSSR count). The summed E-state index contributed by atoms with van der Waals surface area (Å²) in [5.74, 6) is 4.84. The maximum atomic E-state index is 6.45. The summed E-state index contributed by atoms with van der Waals surface area (Å²) in [5.41, 5.74) is 0. The average Bonchev–Trinajstić information content (AvgIpc) is 2.82. The molecule has 0 saturated heterocycles. The number of rotatable bonds is 4. The van der Waals surface area contributed by atoms with Crippen molar-refractivity contribution in [1.29, 1.82) is 0 Å². The van der Waals surface area contributed by atoms with Gasteiger partial charge in [-0.15, -0.1) is 11.3 Å². The van der Waals surface area contributed by atoms with Crippen LogP contribution in [-0.4, -0.2) is 6.54 Å². The van der Waals surface area contributed by atoms with E-state index in [4.69, 9.17) is 11.6 Å². The Balaban J connectivity index is 1.65. The minimum atomic E-state index is 0.502. The van der Waals surface area contributed by atoms with Crippen LogP contribution in [0.5, 0.6) is 0 Å². The van der Waals surface area contributed by atoms with E-state index in [-0.39, 0.29) is 0 Å². The molecule has 1 nitrogen and oxygen atoms in total. The van der Waals surface area contributed by atoms with E-state index in [1.807, 2.05) is 11.3 Å². The minimum absolute atomic E-state index is 0.502. The molecule has 0 radical (unpaired) electrons. The fraction of sp³-hybridized carbons (Fsp3) is 0.765. The standard InChI is InChI=1S/C17H24ClNS/c1-2-19-16(17-14(18)3-4-20-17)15-12-6-10-5-11(8-12)9-13(15)7-10/h3-4,10-13,15-16,19H,2,5-9H2,1H3. The van der Waals surface area contributed by atoms with Crippen LogP contribution in [0, 0.1) is 29.6 Å². The van der Waals surface area contributed by atoms with Gasteiger partial charge in [-0.2, -0.15) is 0 Å². The Kier molecular flexibility index (Phi) is 3.60. The number of hydrogen-bond donors (Lipinski definition) is 1.